The minimum atomic E-state index is -0.522. The van der Waals surface area contributed by atoms with Crippen LogP contribution in [-0.4, -0.2) is 4.98 Å². The molecule has 0 spiro atoms. The molecule has 0 bridgehead atoms. The van der Waals surface area contributed by atoms with Crippen LogP contribution in [0.2, 0.25) is 5.02 Å². The number of pyridine rings is 1. The predicted molar refractivity (Wildman–Crippen MR) is 68.1 cm³/mol. The minimum Gasteiger partial charge on any atom is -0.395 e. The fraction of sp³-hybridized carbons (Fsp3) is 0. The highest BCUT2D eigenvalue weighted by Crippen LogP contribution is 2.30. The largest absolute Gasteiger partial charge is 0.395 e. The Morgan fingerprint density at radius 3 is 2.83 bits per heavy atom. The standard InChI is InChI=1S/C12H8ClFN4/c13-8-2-1-3-9(14)11(8)18-12-10(16)7(6-15)4-5-17-12/h1-5H,16H2,(H,17,18). The number of rotatable bonds is 2. The van der Waals surface area contributed by atoms with Crippen LogP contribution in [0.5, 0.6) is 0 Å². The highest BCUT2D eigenvalue weighted by atomic mass is 35.5. The van der Waals surface area contributed by atoms with E-state index in [1.54, 1.807) is 0 Å². The first-order valence-corrected chi connectivity index (χ1v) is 5.37. The van der Waals surface area contributed by atoms with Crippen LogP contribution in [0, 0.1) is 17.1 Å². The maximum atomic E-state index is 13.6. The van der Waals surface area contributed by atoms with Gasteiger partial charge in [-0.15, -0.1) is 0 Å². The number of benzene rings is 1. The molecule has 1 heterocycles. The number of para-hydroxylation sites is 1. The van der Waals surface area contributed by atoms with E-state index in [-0.39, 0.29) is 27.8 Å². The molecule has 3 N–H and O–H groups in total. The van der Waals surface area contributed by atoms with Gasteiger partial charge in [-0.1, -0.05) is 17.7 Å². The number of nitrogen functional groups attached to an aromatic ring is 1. The molecule has 1 aromatic heterocycles. The molecular weight excluding hydrogens is 255 g/mol. The Morgan fingerprint density at radius 2 is 2.17 bits per heavy atom. The van der Waals surface area contributed by atoms with Crippen molar-refractivity contribution in [2.45, 2.75) is 0 Å². The van der Waals surface area contributed by atoms with Crippen LogP contribution >= 0.6 is 11.6 Å². The minimum absolute atomic E-state index is 0.0773. The van der Waals surface area contributed by atoms with Crippen LogP contribution in [0.15, 0.2) is 30.5 Å². The van der Waals surface area contributed by atoms with E-state index in [1.807, 2.05) is 6.07 Å². The van der Waals surface area contributed by atoms with E-state index >= 15 is 0 Å². The van der Waals surface area contributed by atoms with Crippen LogP contribution in [0.1, 0.15) is 5.56 Å². The summed E-state index contributed by atoms with van der Waals surface area (Å²) >= 11 is 5.87. The molecule has 2 aromatic rings. The van der Waals surface area contributed by atoms with E-state index in [9.17, 15) is 4.39 Å². The molecule has 0 aliphatic carbocycles. The number of nitriles is 1. The molecule has 0 radical (unpaired) electrons. The SMILES string of the molecule is N#Cc1ccnc(Nc2c(F)cccc2Cl)c1N. The normalized spacial score (nSPS) is 9.83. The Balaban J connectivity index is 2.44. The number of nitrogens with zero attached hydrogens (tertiary/aromatic N) is 2. The van der Waals surface area contributed by atoms with Gasteiger partial charge in [0, 0.05) is 6.20 Å². The topological polar surface area (TPSA) is 74.7 Å². The zero-order valence-corrected chi connectivity index (χ0v) is 9.87. The molecule has 0 aliphatic rings. The van der Waals surface area contributed by atoms with Gasteiger partial charge in [-0.25, -0.2) is 9.37 Å². The zero-order chi connectivity index (χ0) is 13.1. The number of hydrogen-bond acceptors (Lipinski definition) is 4. The molecule has 6 heteroatoms. The summed E-state index contributed by atoms with van der Waals surface area (Å²) in [7, 11) is 0. The summed E-state index contributed by atoms with van der Waals surface area (Å²) in [6, 6.07) is 7.69. The monoisotopic (exact) mass is 262 g/mol. The van der Waals surface area contributed by atoms with Gasteiger partial charge in [-0.2, -0.15) is 5.26 Å². The third kappa shape index (κ3) is 2.19. The van der Waals surface area contributed by atoms with E-state index in [0.717, 1.165) is 0 Å². The Kier molecular flexibility index (Phi) is 3.31. The fourth-order valence-corrected chi connectivity index (χ4v) is 1.62. The van der Waals surface area contributed by atoms with Crippen LogP contribution in [0.3, 0.4) is 0 Å². The lowest BCUT2D eigenvalue weighted by Crippen LogP contribution is -2.03. The van der Waals surface area contributed by atoms with Gasteiger partial charge in [0.25, 0.3) is 0 Å². The zero-order valence-electron chi connectivity index (χ0n) is 9.11. The second-order valence-corrected chi connectivity index (χ2v) is 3.86. The number of aromatic nitrogens is 1. The second-order valence-electron chi connectivity index (χ2n) is 3.45. The summed E-state index contributed by atoms with van der Waals surface area (Å²) in [6.07, 6.45) is 1.41. The van der Waals surface area contributed by atoms with Crippen molar-refractivity contribution in [1.82, 2.24) is 4.98 Å². The molecule has 0 saturated carbocycles. The van der Waals surface area contributed by atoms with Crippen LogP contribution < -0.4 is 11.1 Å². The smallest absolute Gasteiger partial charge is 0.155 e. The number of nitrogens with one attached hydrogen (secondary N) is 1. The molecule has 90 valence electrons. The van der Waals surface area contributed by atoms with Crippen molar-refractivity contribution >= 4 is 28.8 Å². The molecule has 0 atom stereocenters. The highest BCUT2D eigenvalue weighted by molar-refractivity contribution is 6.33. The number of halogens is 2. The van der Waals surface area contributed by atoms with Crippen molar-refractivity contribution < 1.29 is 4.39 Å². The Hall–Kier alpha value is -2.32. The average molecular weight is 263 g/mol. The highest BCUT2D eigenvalue weighted by Gasteiger charge is 2.11. The van der Waals surface area contributed by atoms with E-state index in [0.29, 0.717) is 0 Å². The number of anilines is 3. The molecule has 0 amide bonds. The van der Waals surface area contributed by atoms with Gasteiger partial charge >= 0.3 is 0 Å². The lowest BCUT2D eigenvalue weighted by molar-refractivity contribution is 0.632. The number of nitrogens with two attached hydrogens (primary N) is 1. The molecule has 4 nitrogen and oxygen atoms in total. The Bertz CT molecular complexity index is 616. The molecule has 1 aromatic carbocycles. The van der Waals surface area contributed by atoms with Crippen molar-refractivity contribution in [1.29, 1.82) is 5.26 Å². The summed E-state index contributed by atoms with van der Waals surface area (Å²) in [5.74, 6) is -0.327. The van der Waals surface area contributed by atoms with E-state index in [4.69, 9.17) is 22.6 Å². The van der Waals surface area contributed by atoms with Crippen molar-refractivity contribution in [3.05, 3.63) is 46.9 Å². The summed E-state index contributed by atoms with van der Waals surface area (Å²) < 4.78 is 13.6. The average Bonchev–Trinajstić information content (AvgIpc) is 2.36. The lowest BCUT2D eigenvalue weighted by atomic mass is 10.2. The van der Waals surface area contributed by atoms with Crippen LogP contribution in [0.25, 0.3) is 0 Å². The summed E-state index contributed by atoms with van der Waals surface area (Å²) in [6.45, 7) is 0. The maximum absolute atomic E-state index is 13.6. The first kappa shape index (κ1) is 12.1. The van der Waals surface area contributed by atoms with Crippen molar-refractivity contribution in [3.8, 4) is 6.07 Å². The van der Waals surface area contributed by atoms with E-state index in [1.165, 1.54) is 30.5 Å². The van der Waals surface area contributed by atoms with Gasteiger partial charge in [-0.3, -0.25) is 0 Å². The van der Waals surface area contributed by atoms with Crippen LogP contribution in [0.4, 0.5) is 21.6 Å². The predicted octanol–water partition coefficient (Wildman–Crippen LogP) is 3.07. The third-order valence-electron chi connectivity index (χ3n) is 2.32. The molecule has 0 unspecified atom stereocenters. The summed E-state index contributed by atoms with van der Waals surface area (Å²) in [4.78, 5) is 3.95. The molecule has 0 saturated heterocycles. The fourth-order valence-electron chi connectivity index (χ4n) is 1.41. The molecule has 2 rings (SSSR count). The Labute approximate surface area is 108 Å². The summed E-state index contributed by atoms with van der Waals surface area (Å²) in [5, 5.41) is 11.7. The van der Waals surface area contributed by atoms with Crippen molar-refractivity contribution in [2.75, 3.05) is 11.1 Å². The lowest BCUT2D eigenvalue weighted by Gasteiger charge is -2.11. The second kappa shape index (κ2) is 4.90. The van der Waals surface area contributed by atoms with Gasteiger partial charge in [-0.05, 0) is 18.2 Å². The molecule has 18 heavy (non-hydrogen) atoms. The first-order valence-electron chi connectivity index (χ1n) is 4.99. The molecular formula is C12H8ClFN4. The van der Waals surface area contributed by atoms with Gasteiger partial charge in [0.1, 0.15) is 11.9 Å². The van der Waals surface area contributed by atoms with Crippen molar-refractivity contribution in [2.24, 2.45) is 0 Å². The van der Waals surface area contributed by atoms with E-state index < -0.39 is 5.82 Å². The quantitative estimate of drug-likeness (QED) is 0.872. The van der Waals surface area contributed by atoms with Gasteiger partial charge in [0.05, 0.1) is 22.0 Å². The maximum Gasteiger partial charge on any atom is 0.155 e. The Morgan fingerprint density at radius 1 is 1.39 bits per heavy atom. The molecule has 0 aliphatic heterocycles. The third-order valence-corrected chi connectivity index (χ3v) is 2.63. The van der Waals surface area contributed by atoms with Crippen LogP contribution in [-0.2, 0) is 0 Å². The van der Waals surface area contributed by atoms with Gasteiger partial charge in [0.2, 0.25) is 0 Å². The van der Waals surface area contributed by atoms with E-state index in [2.05, 4.69) is 10.3 Å². The van der Waals surface area contributed by atoms with Gasteiger partial charge in [0.15, 0.2) is 5.82 Å². The summed E-state index contributed by atoms with van der Waals surface area (Å²) in [5.41, 5.74) is 6.22. The van der Waals surface area contributed by atoms with Crippen molar-refractivity contribution in [3.63, 3.8) is 0 Å². The van der Waals surface area contributed by atoms with Gasteiger partial charge < -0.3 is 11.1 Å². The molecule has 0 fully saturated rings. The number of hydrogen-bond donors (Lipinski definition) is 2. The first-order chi connectivity index (χ1) is 8.63.